The van der Waals surface area contributed by atoms with Crippen LogP contribution in [0.1, 0.15) is 69.4 Å². The molecule has 7 nitrogen and oxygen atoms in total. The number of nitrogens with two attached hydrogens (primary N) is 1. The first-order valence-electron chi connectivity index (χ1n) is 13.0. The fourth-order valence-corrected chi connectivity index (χ4v) is 5.90. The maximum atomic E-state index is 13.3. The molecular weight excluding hydrogens is 426 g/mol. The van der Waals surface area contributed by atoms with Crippen LogP contribution in [0.15, 0.2) is 24.3 Å². The molecule has 3 N–H and O–H groups in total. The van der Waals surface area contributed by atoms with Crippen molar-refractivity contribution in [3.8, 4) is 6.07 Å². The second-order valence-electron chi connectivity index (χ2n) is 10.5. The van der Waals surface area contributed by atoms with Gasteiger partial charge in [-0.2, -0.15) is 5.26 Å². The Bertz CT molecular complexity index is 891. The van der Waals surface area contributed by atoms with E-state index in [-0.39, 0.29) is 17.9 Å². The fraction of sp³-hybridized carbons (Fsp3) is 0.667. The number of benzene rings is 1. The van der Waals surface area contributed by atoms with E-state index in [2.05, 4.69) is 16.3 Å². The number of nitrogens with zero attached hydrogens (tertiary/aromatic N) is 3. The number of nitriles is 1. The van der Waals surface area contributed by atoms with E-state index < -0.39 is 6.04 Å². The van der Waals surface area contributed by atoms with Crippen molar-refractivity contribution < 1.29 is 9.59 Å². The van der Waals surface area contributed by atoms with Crippen molar-refractivity contribution in [3.05, 3.63) is 35.4 Å². The zero-order valence-electron chi connectivity index (χ0n) is 20.4. The number of piperidine rings is 1. The molecule has 2 aliphatic carbocycles. The largest absolute Gasteiger partial charge is 0.354 e. The van der Waals surface area contributed by atoms with E-state index in [1.54, 1.807) is 11.8 Å². The second kappa shape index (κ2) is 11.3. The van der Waals surface area contributed by atoms with Crippen LogP contribution >= 0.6 is 0 Å². The van der Waals surface area contributed by atoms with E-state index >= 15 is 0 Å². The summed E-state index contributed by atoms with van der Waals surface area (Å²) in [6, 6.07) is 10.4. The third kappa shape index (κ3) is 6.17. The smallest absolute Gasteiger partial charge is 0.242 e. The molecule has 184 valence electrons. The average Bonchev–Trinajstić information content (AvgIpc) is 3.71. The number of carbonyl (C=O) groups is 2. The summed E-state index contributed by atoms with van der Waals surface area (Å²) in [6.07, 6.45) is 8.53. The Hall–Kier alpha value is -2.43. The molecule has 1 saturated heterocycles. The Morgan fingerprint density at radius 2 is 1.82 bits per heavy atom. The maximum Gasteiger partial charge on any atom is 0.242 e. The lowest BCUT2D eigenvalue weighted by atomic mass is 9.81. The Labute approximate surface area is 203 Å². The Balaban J connectivity index is 1.40. The van der Waals surface area contributed by atoms with Crippen molar-refractivity contribution in [2.75, 3.05) is 19.6 Å². The number of rotatable bonds is 8. The average molecular weight is 466 g/mol. The van der Waals surface area contributed by atoms with Crippen molar-refractivity contribution in [2.45, 2.75) is 83.0 Å². The molecule has 7 heteroatoms. The summed E-state index contributed by atoms with van der Waals surface area (Å²) in [7, 11) is 0. The van der Waals surface area contributed by atoms with Gasteiger partial charge in [-0.25, -0.2) is 0 Å². The third-order valence-corrected chi connectivity index (χ3v) is 8.00. The van der Waals surface area contributed by atoms with Crippen LogP contribution in [-0.2, 0) is 16.1 Å². The van der Waals surface area contributed by atoms with Crippen molar-refractivity contribution in [2.24, 2.45) is 17.6 Å². The molecule has 2 amide bonds. The Kier molecular flexibility index (Phi) is 8.23. The van der Waals surface area contributed by atoms with Gasteiger partial charge >= 0.3 is 0 Å². The predicted molar refractivity (Wildman–Crippen MR) is 131 cm³/mol. The normalized spacial score (nSPS) is 27.3. The summed E-state index contributed by atoms with van der Waals surface area (Å²) in [4.78, 5) is 30.0. The lowest BCUT2D eigenvalue weighted by molar-refractivity contribution is -0.142. The minimum absolute atomic E-state index is 0.0103. The first kappa shape index (κ1) is 24.7. The van der Waals surface area contributed by atoms with Gasteiger partial charge in [0.25, 0.3) is 0 Å². The van der Waals surface area contributed by atoms with Crippen LogP contribution in [0.4, 0.5) is 0 Å². The number of amides is 2. The first-order chi connectivity index (χ1) is 16.5. The van der Waals surface area contributed by atoms with Gasteiger partial charge in [0, 0.05) is 38.6 Å². The molecular formula is C27H39N5O2. The Morgan fingerprint density at radius 1 is 1.09 bits per heavy atom. The van der Waals surface area contributed by atoms with Gasteiger partial charge in [-0.1, -0.05) is 18.6 Å². The van der Waals surface area contributed by atoms with Gasteiger partial charge in [0.15, 0.2) is 0 Å². The van der Waals surface area contributed by atoms with Gasteiger partial charge < -0.3 is 16.0 Å². The first-order valence-corrected chi connectivity index (χ1v) is 13.0. The van der Waals surface area contributed by atoms with E-state index in [9.17, 15) is 9.59 Å². The van der Waals surface area contributed by atoms with Crippen LogP contribution < -0.4 is 11.1 Å². The standard InChI is InChI=1S/C27H39N5O2/c1-19(33)31-12-11-25(32(24-9-10-24)18-21-7-5-20(15-28)6-8-21)14-26(31)27(34)30-17-23-4-2-3-22(13-23)16-29/h5-8,22-26H,2-4,9-14,16-18,29H2,1H3,(H,30,34)/t22?,23?,25?,26-/m1/s1. The topological polar surface area (TPSA) is 102 Å². The zero-order valence-corrected chi connectivity index (χ0v) is 20.4. The van der Waals surface area contributed by atoms with Crippen molar-refractivity contribution in [1.82, 2.24) is 15.1 Å². The summed E-state index contributed by atoms with van der Waals surface area (Å²) < 4.78 is 0. The minimum atomic E-state index is -0.410. The zero-order chi connectivity index (χ0) is 24.1. The monoisotopic (exact) mass is 465 g/mol. The molecule has 2 saturated carbocycles. The van der Waals surface area contributed by atoms with E-state index in [0.29, 0.717) is 43.0 Å². The van der Waals surface area contributed by atoms with Gasteiger partial charge in [0.05, 0.1) is 11.6 Å². The summed E-state index contributed by atoms with van der Waals surface area (Å²) in [6.45, 7) is 4.41. The molecule has 1 aromatic rings. The molecule has 34 heavy (non-hydrogen) atoms. The van der Waals surface area contributed by atoms with Gasteiger partial charge in [-0.3, -0.25) is 14.5 Å². The molecule has 0 spiro atoms. The van der Waals surface area contributed by atoms with E-state index in [4.69, 9.17) is 11.0 Å². The van der Waals surface area contributed by atoms with Crippen LogP contribution in [0.25, 0.3) is 0 Å². The highest BCUT2D eigenvalue weighted by Gasteiger charge is 2.41. The molecule has 1 heterocycles. The fourth-order valence-electron chi connectivity index (χ4n) is 5.90. The third-order valence-electron chi connectivity index (χ3n) is 8.00. The van der Waals surface area contributed by atoms with Crippen molar-refractivity contribution in [1.29, 1.82) is 5.26 Å². The number of carbonyl (C=O) groups excluding carboxylic acids is 2. The summed E-state index contributed by atoms with van der Waals surface area (Å²) >= 11 is 0. The number of likely N-dealkylation sites (tertiary alicyclic amines) is 1. The molecule has 3 unspecified atom stereocenters. The molecule has 3 fully saturated rings. The van der Waals surface area contributed by atoms with Gasteiger partial charge in [0.1, 0.15) is 6.04 Å². The molecule has 0 bridgehead atoms. The van der Waals surface area contributed by atoms with Crippen molar-refractivity contribution in [3.63, 3.8) is 0 Å². The predicted octanol–water partition coefficient (Wildman–Crippen LogP) is 2.78. The highest BCUT2D eigenvalue weighted by atomic mass is 16.2. The SMILES string of the molecule is CC(=O)N1CCC(N(Cc2ccc(C#N)cc2)C2CC2)C[C@@H]1C(=O)NCC1CCCC(CN)C1. The van der Waals surface area contributed by atoms with Crippen LogP contribution in [0.5, 0.6) is 0 Å². The summed E-state index contributed by atoms with van der Waals surface area (Å²) in [5.41, 5.74) is 7.74. The van der Waals surface area contributed by atoms with Crippen LogP contribution in [-0.4, -0.2) is 59.4 Å². The minimum Gasteiger partial charge on any atom is -0.354 e. The highest BCUT2D eigenvalue weighted by Crippen LogP contribution is 2.35. The van der Waals surface area contributed by atoms with Crippen molar-refractivity contribution >= 4 is 11.8 Å². The number of hydrogen-bond acceptors (Lipinski definition) is 5. The Morgan fingerprint density at radius 3 is 2.47 bits per heavy atom. The van der Waals surface area contributed by atoms with E-state index in [1.807, 2.05) is 24.3 Å². The van der Waals surface area contributed by atoms with Crippen LogP contribution in [0, 0.1) is 23.2 Å². The molecule has 4 rings (SSSR count). The van der Waals surface area contributed by atoms with Crippen LogP contribution in [0.3, 0.4) is 0 Å². The van der Waals surface area contributed by atoms with Gasteiger partial charge in [-0.15, -0.1) is 0 Å². The summed E-state index contributed by atoms with van der Waals surface area (Å²) in [5, 5.41) is 12.3. The van der Waals surface area contributed by atoms with E-state index in [1.165, 1.54) is 31.2 Å². The van der Waals surface area contributed by atoms with Gasteiger partial charge in [0.2, 0.25) is 11.8 Å². The van der Waals surface area contributed by atoms with E-state index in [0.717, 1.165) is 32.4 Å². The molecule has 1 aromatic carbocycles. The number of nitrogens with one attached hydrogen (secondary N) is 1. The summed E-state index contributed by atoms with van der Waals surface area (Å²) in [5.74, 6) is 1.02. The van der Waals surface area contributed by atoms with Gasteiger partial charge in [-0.05, 0) is 81.0 Å². The second-order valence-corrected chi connectivity index (χ2v) is 10.5. The lowest BCUT2D eigenvalue weighted by Crippen LogP contribution is -2.57. The molecule has 3 aliphatic rings. The molecule has 4 atom stereocenters. The molecule has 1 aliphatic heterocycles. The maximum absolute atomic E-state index is 13.3. The number of hydrogen-bond donors (Lipinski definition) is 2. The highest BCUT2D eigenvalue weighted by molar-refractivity contribution is 5.87. The molecule has 0 aromatic heterocycles. The lowest BCUT2D eigenvalue weighted by Gasteiger charge is -2.43. The molecule has 0 radical (unpaired) electrons. The quantitative estimate of drug-likeness (QED) is 0.615. The van der Waals surface area contributed by atoms with Crippen LogP contribution in [0.2, 0.25) is 0 Å².